The van der Waals surface area contributed by atoms with Gasteiger partial charge in [0.15, 0.2) is 0 Å². The van der Waals surface area contributed by atoms with Crippen molar-refractivity contribution in [1.82, 2.24) is 5.32 Å². The summed E-state index contributed by atoms with van der Waals surface area (Å²) in [6.07, 6.45) is 9.33. The zero-order valence-corrected chi connectivity index (χ0v) is 11.5. The molecule has 0 unspecified atom stereocenters. The first-order chi connectivity index (χ1) is 8.84. The lowest BCUT2D eigenvalue weighted by Gasteiger charge is -2.19. The topological polar surface area (TPSA) is 64.3 Å². The van der Waals surface area contributed by atoms with Crippen LogP contribution in [0.15, 0.2) is 0 Å². The number of ether oxygens (including phenoxy) is 1. The van der Waals surface area contributed by atoms with Crippen LogP contribution in [0.2, 0.25) is 0 Å². The lowest BCUT2D eigenvalue weighted by molar-refractivity contribution is -0.125. The van der Waals surface area contributed by atoms with E-state index in [4.69, 9.17) is 10.5 Å². The molecule has 0 bridgehead atoms. The van der Waals surface area contributed by atoms with Gasteiger partial charge in [-0.05, 0) is 19.3 Å². The molecule has 0 aromatic heterocycles. The van der Waals surface area contributed by atoms with Crippen molar-refractivity contribution in [1.29, 1.82) is 0 Å². The molecule has 106 valence electrons. The number of rotatable bonds is 7. The molecule has 4 nitrogen and oxygen atoms in total. The van der Waals surface area contributed by atoms with Crippen LogP contribution < -0.4 is 11.1 Å². The highest BCUT2D eigenvalue weighted by Crippen LogP contribution is 2.22. The van der Waals surface area contributed by atoms with Gasteiger partial charge in [-0.15, -0.1) is 0 Å². The van der Waals surface area contributed by atoms with E-state index in [0.717, 1.165) is 25.8 Å². The summed E-state index contributed by atoms with van der Waals surface area (Å²) in [6, 6.07) is 0. The molecule has 18 heavy (non-hydrogen) atoms. The van der Waals surface area contributed by atoms with Crippen molar-refractivity contribution < 1.29 is 9.53 Å². The minimum absolute atomic E-state index is 0.246. The van der Waals surface area contributed by atoms with Gasteiger partial charge in [0, 0.05) is 25.6 Å². The number of amides is 1. The zero-order valence-electron chi connectivity index (χ0n) is 11.5. The highest BCUT2D eigenvalue weighted by molar-refractivity contribution is 5.78. The van der Waals surface area contributed by atoms with E-state index in [9.17, 15) is 4.79 Å². The van der Waals surface area contributed by atoms with Crippen LogP contribution in [0.1, 0.15) is 51.4 Å². The van der Waals surface area contributed by atoms with Crippen LogP contribution in [-0.4, -0.2) is 32.2 Å². The third-order valence-corrected chi connectivity index (χ3v) is 3.50. The maximum atomic E-state index is 12.0. The number of nitrogens with one attached hydrogen (secondary N) is 1. The number of carbonyl (C=O) groups excluding carboxylic acids is 1. The summed E-state index contributed by atoms with van der Waals surface area (Å²) in [6.45, 7) is 2.58. The predicted octanol–water partition coefficient (Wildman–Crippen LogP) is 1.83. The standard InChI is InChI=1S/C14H28N2O2/c15-9-12-18-11-6-10-16-14(17)13-7-4-2-1-3-5-8-13/h13H,1-12,15H2,(H,16,17). The first-order valence-electron chi connectivity index (χ1n) is 7.40. The third-order valence-electron chi connectivity index (χ3n) is 3.50. The van der Waals surface area contributed by atoms with E-state index in [1.807, 2.05) is 0 Å². The number of hydrogen-bond acceptors (Lipinski definition) is 3. The summed E-state index contributed by atoms with van der Waals surface area (Å²) in [4.78, 5) is 12.0. The quantitative estimate of drug-likeness (QED) is 0.683. The summed E-state index contributed by atoms with van der Waals surface area (Å²) >= 11 is 0. The van der Waals surface area contributed by atoms with Crippen molar-refractivity contribution >= 4 is 5.91 Å². The summed E-state index contributed by atoms with van der Waals surface area (Å²) in [5.41, 5.74) is 5.32. The first-order valence-corrected chi connectivity index (χ1v) is 7.40. The molecular formula is C14H28N2O2. The van der Waals surface area contributed by atoms with E-state index in [1.54, 1.807) is 0 Å². The molecule has 0 aromatic rings. The van der Waals surface area contributed by atoms with Gasteiger partial charge in [-0.2, -0.15) is 0 Å². The molecule has 0 aliphatic heterocycles. The number of hydrogen-bond donors (Lipinski definition) is 2. The van der Waals surface area contributed by atoms with Gasteiger partial charge in [0.1, 0.15) is 0 Å². The molecule has 1 fully saturated rings. The summed E-state index contributed by atoms with van der Waals surface area (Å²) in [5.74, 6) is 0.492. The fraction of sp³-hybridized carbons (Fsp3) is 0.929. The van der Waals surface area contributed by atoms with E-state index in [-0.39, 0.29) is 11.8 Å². The average molecular weight is 256 g/mol. The summed E-state index contributed by atoms with van der Waals surface area (Å²) in [7, 11) is 0. The largest absolute Gasteiger partial charge is 0.380 e. The molecule has 0 saturated heterocycles. The Balaban J connectivity index is 2.06. The van der Waals surface area contributed by atoms with Gasteiger partial charge in [0.25, 0.3) is 0 Å². The molecule has 1 saturated carbocycles. The molecule has 0 heterocycles. The molecule has 1 rings (SSSR count). The second kappa shape index (κ2) is 10.3. The van der Waals surface area contributed by atoms with Crippen LogP contribution in [0.4, 0.5) is 0 Å². The lowest BCUT2D eigenvalue weighted by atomic mass is 9.90. The zero-order chi connectivity index (χ0) is 13.1. The van der Waals surface area contributed by atoms with Crippen molar-refractivity contribution in [3.8, 4) is 0 Å². The van der Waals surface area contributed by atoms with Crippen molar-refractivity contribution in [2.24, 2.45) is 11.7 Å². The van der Waals surface area contributed by atoms with E-state index in [0.29, 0.717) is 19.8 Å². The monoisotopic (exact) mass is 256 g/mol. The first kappa shape index (κ1) is 15.4. The maximum absolute atomic E-state index is 12.0. The van der Waals surface area contributed by atoms with E-state index < -0.39 is 0 Å². The van der Waals surface area contributed by atoms with E-state index in [1.165, 1.54) is 32.1 Å². The molecule has 1 amide bonds. The Hall–Kier alpha value is -0.610. The van der Waals surface area contributed by atoms with Crippen LogP contribution in [0.5, 0.6) is 0 Å². The summed E-state index contributed by atoms with van der Waals surface area (Å²) in [5, 5.41) is 3.03. The SMILES string of the molecule is NCCOCCCNC(=O)C1CCCCCCC1. The second-order valence-electron chi connectivity index (χ2n) is 5.09. The highest BCUT2D eigenvalue weighted by atomic mass is 16.5. The molecule has 4 heteroatoms. The minimum Gasteiger partial charge on any atom is -0.380 e. The van der Waals surface area contributed by atoms with Crippen LogP contribution in [0.3, 0.4) is 0 Å². The Morgan fingerprint density at radius 1 is 1.11 bits per heavy atom. The molecule has 0 radical (unpaired) electrons. The van der Waals surface area contributed by atoms with Crippen molar-refractivity contribution in [3.63, 3.8) is 0 Å². The minimum atomic E-state index is 0.246. The van der Waals surface area contributed by atoms with Gasteiger partial charge in [0.05, 0.1) is 6.61 Å². The van der Waals surface area contributed by atoms with Crippen molar-refractivity contribution in [2.45, 2.75) is 51.4 Å². The van der Waals surface area contributed by atoms with Crippen LogP contribution >= 0.6 is 0 Å². The Morgan fingerprint density at radius 3 is 2.44 bits per heavy atom. The van der Waals surface area contributed by atoms with Crippen LogP contribution in [0.25, 0.3) is 0 Å². The number of carbonyl (C=O) groups is 1. The average Bonchev–Trinajstić information content (AvgIpc) is 2.33. The Labute approximate surface area is 111 Å². The van der Waals surface area contributed by atoms with E-state index in [2.05, 4.69) is 5.32 Å². The highest BCUT2D eigenvalue weighted by Gasteiger charge is 2.18. The van der Waals surface area contributed by atoms with Crippen LogP contribution in [-0.2, 0) is 9.53 Å². The third kappa shape index (κ3) is 6.97. The van der Waals surface area contributed by atoms with Gasteiger partial charge < -0.3 is 15.8 Å². The van der Waals surface area contributed by atoms with Gasteiger partial charge in [-0.3, -0.25) is 4.79 Å². The molecule has 3 N–H and O–H groups in total. The molecule has 0 aromatic carbocycles. The second-order valence-corrected chi connectivity index (χ2v) is 5.09. The molecule has 0 spiro atoms. The van der Waals surface area contributed by atoms with Gasteiger partial charge in [-0.25, -0.2) is 0 Å². The van der Waals surface area contributed by atoms with Crippen LogP contribution in [0, 0.1) is 5.92 Å². The lowest BCUT2D eigenvalue weighted by Crippen LogP contribution is -2.32. The fourth-order valence-electron chi connectivity index (χ4n) is 2.43. The molecule has 0 atom stereocenters. The maximum Gasteiger partial charge on any atom is 0.223 e. The van der Waals surface area contributed by atoms with Gasteiger partial charge >= 0.3 is 0 Å². The molecule has 1 aliphatic rings. The van der Waals surface area contributed by atoms with Gasteiger partial charge in [0.2, 0.25) is 5.91 Å². The smallest absolute Gasteiger partial charge is 0.223 e. The normalized spacial score (nSPS) is 18.1. The van der Waals surface area contributed by atoms with Gasteiger partial charge in [-0.1, -0.05) is 32.1 Å². The van der Waals surface area contributed by atoms with Crippen molar-refractivity contribution in [3.05, 3.63) is 0 Å². The fourth-order valence-corrected chi connectivity index (χ4v) is 2.43. The van der Waals surface area contributed by atoms with E-state index >= 15 is 0 Å². The molecule has 1 aliphatic carbocycles. The molecular weight excluding hydrogens is 228 g/mol. The number of nitrogens with two attached hydrogens (primary N) is 1. The Kier molecular flexibility index (Phi) is 8.86. The Morgan fingerprint density at radius 2 is 1.78 bits per heavy atom. The summed E-state index contributed by atoms with van der Waals surface area (Å²) < 4.78 is 5.27. The van der Waals surface area contributed by atoms with Crippen molar-refractivity contribution in [2.75, 3.05) is 26.3 Å². The Bertz CT molecular complexity index is 214. The predicted molar refractivity (Wildman–Crippen MR) is 73.3 cm³/mol.